The maximum Gasteiger partial charge on any atom is 0.177 e. The summed E-state index contributed by atoms with van der Waals surface area (Å²) in [7, 11) is 1.90. The number of nitrogens with zero attached hydrogens (tertiary/aromatic N) is 1. The molecule has 0 amide bonds. The van der Waals surface area contributed by atoms with Crippen LogP contribution in [0.5, 0.6) is 0 Å². The molecule has 5 heteroatoms. The fourth-order valence-corrected chi connectivity index (χ4v) is 2.00. The molecule has 0 aliphatic rings. The molecule has 0 spiro atoms. The van der Waals surface area contributed by atoms with E-state index in [0.717, 1.165) is 11.4 Å². The third-order valence-corrected chi connectivity index (χ3v) is 3.49. The van der Waals surface area contributed by atoms with E-state index in [2.05, 4.69) is 5.32 Å². The van der Waals surface area contributed by atoms with Gasteiger partial charge in [0.1, 0.15) is 0 Å². The van der Waals surface area contributed by atoms with E-state index in [4.69, 9.17) is 35.4 Å². The summed E-state index contributed by atoms with van der Waals surface area (Å²) in [5.41, 5.74) is 1.87. The molecular formula is C14H12Cl2N2S. The summed E-state index contributed by atoms with van der Waals surface area (Å²) in [5, 5.41) is 5.15. The standard InChI is InChI=1S/C14H12Cl2N2S/c1-18(13-8-4-11(16)5-9-13)14(19)17-12-6-2-10(15)3-7-12/h2-9H,1H3,(H,17,19). The zero-order valence-corrected chi connectivity index (χ0v) is 12.6. The summed E-state index contributed by atoms with van der Waals surface area (Å²) >= 11 is 17.1. The van der Waals surface area contributed by atoms with Crippen molar-refractivity contribution in [1.29, 1.82) is 0 Å². The zero-order valence-electron chi connectivity index (χ0n) is 10.2. The quantitative estimate of drug-likeness (QED) is 0.800. The fourth-order valence-electron chi connectivity index (χ4n) is 1.52. The number of nitrogens with one attached hydrogen (secondary N) is 1. The van der Waals surface area contributed by atoms with Crippen molar-refractivity contribution in [2.24, 2.45) is 0 Å². The van der Waals surface area contributed by atoms with Gasteiger partial charge in [-0.15, -0.1) is 0 Å². The highest BCUT2D eigenvalue weighted by atomic mass is 35.5. The van der Waals surface area contributed by atoms with Crippen molar-refractivity contribution in [3.63, 3.8) is 0 Å². The Morgan fingerprint density at radius 2 is 1.42 bits per heavy atom. The van der Waals surface area contributed by atoms with E-state index in [-0.39, 0.29) is 0 Å². The van der Waals surface area contributed by atoms with Gasteiger partial charge in [-0.3, -0.25) is 0 Å². The molecule has 2 aromatic rings. The van der Waals surface area contributed by atoms with E-state index in [0.29, 0.717) is 15.2 Å². The molecule has 0 aromatic heterocycles. The molecule has 1 N–H and O–H groups in total. The van der Waals surface area contributed by atoms with Crippen LogP contribution < -0.4 is 10.2 Å². The van der Waals surface area contributed by atoms with Gasteiger partial charge in [-0.2, -0.15) is 0 Å². The lowest BCUT2D eigenvalue weighted by Gasteiger charge is -2.21. The van der Waals surface area contributed by atoms with Gasteiger partial charge in [0.05, 0.1) is 0 Å². The number of anilines is 2. The Morgan fingerprint density at radius 1 is 0.947 bits per heavy atom. The molecule has 0 aliphatic heterocycles. The summed E-state index contributed by atoms with van der Waals surface area (Å²) < 4.78 is 0. The Hall–Kier alpha value is -1.29. The summed E-state index contributed by atoms with van der Waals surface area (Å²) in [6.45, 7) is 0. The molecule has 0 bridgehead atoms. The molecule has 0 fully saturated rings. The molecule has 0 aliphatic carbocycles. The highest BCUT2D eigenvalue weighted by Gasteiger charge is 2.07. The van der Waals surface area contributed by atoms with Crippen LogP contribution in [-0.4, -0.2) is 12.2 Å². The smallest absolute Gasteiger partial charge is 0.177 e. The first-order chi connectivity index (χ1) is 9.06. The molecule has 98 valence electrons. The van der Waals surface area contributed by atoms with Crippen LogP contribution in [0.2, 0.25) is 10.0 Å². The zero-order chi connectivity index (χ0) is 13.8. The van der Waals surface area contributed by atoms with E-state index in [1.165, 1.54) is 0 Å². The van der Waals surface area contributed by atoms with Gasteiger partial charge in [-0.1, -0.05) is 23.2 Å². The Balaban J connectivity index is 2.07. The van der Waals surface area contributed by atoms with E-state index >= 15 is 0 Å². The number of hydrogen-bond donors (Lipinski definition) is 1. The largest absolute Gasteiger partial charge is 0.332 e. The molecule has 2 nitrogen and oxygen atoms in total. The van der Waals surface area contributed by atoms with Crippen LogP contribution in [0.25, 0.3) is 0 Å². The van der Waals surface area contributed by atoms with Gasteiger partial charge in [0.15, 0.2) is 5.11 Å². The fraction of sp³-hybridized carbons (Fsp3) is 0.0714. The monoisotopic (exact) mass is 310 g/mol. The lowest BCUT2D eigenvalue weighted by Crippen LogP contribution is -2.30. The van der Waals surface area contributed by atoms with E-state index in [1.807, 2.05) is 60.5 Å². The molecule has 19 heavy (non-hydrogen) atoms. The Kier molecular flexibility index (Phi) is 4.64. The number of rotatable bonds is 2. The van der Waals surface area contributed by atoms with Crippen molar-refractivity contribution in [2.45, 2.75) is 0 Å². The average Bonchev–Trinajstić information content (AvgIpc) is 2.41. The summed E-state index contributed by atoms with van der Waals surface area (Å²) in [4.78, 5) is 1.88. The van der Waals surface area contributed by atoms with Crippen molar-refractivity contribution in [3.8, 4) is 0 Å². The average molecular weight is 311 g/mol. The minimum Gasteiger partial charge on any atom is -0.332 e. The van der Waals surface area contributed by atoms with Crippen LogP contribution in [0.1, 0.15) is 0 Å². The summed E-state index contributed by atoms with van der Waals surface area (Å²) in [5.74, 6) is 0. The molecule has 0 saturated carbocycles. The van der Waals surface area contributed by atoms with Crippen LogP contribution in [-0.2, 0) is 0 Å². The Morgan fingerprint density at radius 3 is 1.95 bits per heavy atom. The van der Waals surface area contributed by atoms with Crippen molar-refractivity contribution in [1.82, 2.24) is 0 Å². The number of halogens is 2. The lowest BCUT2D eigenvalue weighted by molar-refractivity contribution is 1.28. The van der Waals surface area contributed by atoms with Crippen molar-refractivity contribution in [3.05, 3.63) is 58.6 Å². The Bertz CT molecular complexity index is 567. The second-order valence-corrected chi connectivity index (χ2v) is 5.23. The van der Waals surface area contributed by atoms with Gasteiger partial charge in [0.2, 0.25) is 0 Å². The molecule has 0 radical (unpaired) electrons. The maximum atomic E-state index is 5.86. The first kappa shape index (κ1) is 14.1. The van der Waals surface area contributed by atoms with Crippen molar-refractivity contribution in [2.75, 3.05) is 17.3 Å². The number of benzene rings is 2. The predicted molar refractivity (Wildman–Crippen MR) is 87.5 cm³/mol. The van der Waals surface area contributed by atoms with Gasteiger partial charge in [-0.05, 0) is 60.7 Å². The van der Waals surface area contributed by atoms with Gasteiger partial charge >= 0.3 is 0 Å². The van der Waals surface area contributed by atoms with Crippen LogP contribution in [0, 0.1) is 0 Å². The van der Waals surface area contributed by atoms with E-state index in [9.17, 15) is 0 Å². The van der Waals surface area contributed by atoms with Crippen LogP contribution in [0.3, 0.4) is 0 Å². The molecule has 2 rings (SSSR count). The first-order valence-electron chi connectivity index (χ1n) is 5.62. The third-order valence-electron chi connectivity index (χ3n) is 2.61. The third kappa shape index (κ3) is 3.83. The number of thiocarbonyl (C=S) groups is 1. The van der Waals surface area contributed by atoms with Crippen LogP contribution in [0.4, 0.5) is 11.4 Å². The Labute approximate surface area is 127 Å². The van der Waals surface area contributed by atoms with Gasteiger partial charge in [0.25, 0.3) is 0 Å². The summed E-state index contributed by atoms with van der Waals surface area (Å²) in [6.07, 6.45) is 0. The number of hydrogen-bond acceptors (Lipinski definition) is 1. The van der Waals surface area contributed by atoms with E-state index < -0.39 is 0 Å². The molecular weight excluding hydrogens is 299 g/mol. The SMILES string of the molecule is CN(C(=S)Nc1ccc(Cl)cc1)c1ccc(Cl)cc1. The predicted octanol–water partition coefficient (Wildman–Crippen LogP) is 4.83. The second-order valence-electron chi connectivity index (χ2n) is 3.97. The molecule has 0 saturated heterocycles. The van der Waals surface area contributed by atoms with Crippen LogP contribution >= 0.6 is 35.4 Å². The minimum atomic E-state index is 0.602. The van der Waals surface area contributed by atoms with Gasteiger partial charge < -0.3 is 10.2 Å². The molecule has 2 aromatic carbocycles. The topological polar surface area (TPSA) is 15.3 Å². The molecule has 0 heterocycles. The van der Waals surface area contributed by atoms with E-state index in [1.54, 1.807) is 0 Å². The maximum absolute atomic E-state index is 5.86. The van der Waals surface area contributed by atoms with Gasteiger partial charge in [-0.25, -0.2) is 0 Å². The lowest BCUT2D eigenvalue weighted by atomic mass is 10.3. The van der Waals surface area contributed by atoms with Crippen LogP contribution in [0.15, 0.2) is 48.5 Å². The highest BCUT2D eigenvalue weighted by molar-refractivity contribution is 7.80. The highest BCUT2D eigenvalue weighted by Crippen LogP contribution is 2.19. The molecule has 0 unspecified atom stereocenters. The molecule has 0 atom stereocenters. The first-order valence-corrected chi connectivity index (χ1v) is 6.78. The second kappa shape index (κ2) is 6.24. The normalized spacial score (nSPS) is 10.1. The van der Waals surface area contributed by atoms with Crippen molar-refractivity contribution >= 4 is 51.9 Å². The van der Waals surface area contributed by atoms with Gasteiger partial charge in [0, 0.05) is 28.5 Å². The summed E-state index contributed by atoms with van der Waals surface area (Å²) in [6, 6.07) is 14.9. The van der Waals surface area contributed by atoms with Crippen molar-refractivity contribution < 1.29 is 0 Å². The minimum absolute atomic E-state index is 0.602.